The number of carbonyl (C=O) groups is 1. The van der Waals surface area contributed by atoms with E-state index in [2.05, 4.69) is 20.9 Å². The number of nitrogens with zero attached hydrogens (tertiary/aromatic N) is 4. The fraction of sp³-hybridized carbons (Fsp3) is 0.421. The molecule has 1 saturated heterocycles. The van der Waals surface area contributed by atoms with Crippen molar-refractivity contribution >= 4 is 17.7 Å². The van der Waals surface area contributed by atoms with E-state index in [0.717, 1.165) is 36.8 Å². The first-order valence-corrected chi connectivity index (χ1v) is 10.1. The lowest BCUT2D eigenvalue weighted by molar-refractivity contribution is 0.0621. The summed E-state index contributed by atoms with van der Waals surface area (Å²) < 4.78 is 10.8. The summed E-state index contributed by atoms with van der Waals surface area (Å²) in [5, 5.41) is 0.639. The summed E-state index contributed by atoms with van der Waals surface area (Å²) in [6.07, 6.45) is 1.91. The summed E-state index contributed by atoms with van der Waals surface area (Å²) in [4.78, 5) is 25.7. The maximum Gasteiger partial charge on any atom is 0.272 e. The van der Waals surface area contributed by atoms with Gasteiger partial charge in [-0.1, -0.05) is 17.8 Å². The molecule has 8 heteroatoms. The molecule has 2 aliphatic heterocycles. The van der Waals surface area contributed by atoms with Gasteiger partial charge in [-0.25, -0.2) is 9.97 Å². The van der Waals surface area contributed by atoms with Crippen molar-refractivity contribution in [2.75, 3.05) is 39.2 Å². The average Bonchev–Trinajstić information content (AvgIpc) is 3.15. The van der Waals surface area contributed by atoms with E-state index in [0.29, 0.717) is 30.7 Å². The predicted molar refractivity (Wildman–Crippen MR) is 102 cm³/mol. The van der Waals surface area contributed by atoms with E-state index in [1.165, 1.54) is 17.3 Å². The molecule has 0 radical (unpaired) electrons. The summed E-state index contributed by atoms with van der Waals surface area (Å²) in [7, 11) is 0. The molecule has 3 heterocycles. The molecule has 0 bridgehead atoms. The van der Waals surface area contributed by atoms with Crippen molar-refractivity contribution in [3.63, 3.8) is 0 Å². The zero-order valence-corrected chi connectivity index (χ0v) is 16.3. The van der Waals surface area contributed by atoms with Crippen LogP contribution >= 0.6 is 11.8 Å². The number of carbonyl (C=O) groups excluding carboxylic acids is 1. The number of piperazine rings is 1. The number of aryl methyl sites for hydroxylation is 1. The first kappa shape index (κ1) is 18.1. The highest BCUT2D eigenvalue weighted by molar-refractivity contribution is 7.98. The molecule has 2 aliphatic rings. The second-order valence-electron chi connectivity index (χ2n) is 6.64. The highest BCUT2D eigenvalue weighted by Crippen LogP contribution is 2.32. The third kappa shape index (κ3) is 4.01. The topological polar surface area (TPSA) is 67.8 Å². The third-order valence-electron chi connectivity index (χ3n) is 4.74. The summed E-state index contributed by atoms with van der Waals surface area (Å²) in [6, 6.07) is 7.82. The Morgan fingerprint density at radius 2 is 1.89 bits per heavy atom. The molecule has 142 valence electrons. The zero-order chi connectivity index (χ0) is 18.8. The smallest absolute Gasteiger partial charge is 0.272 e. The van der Waals surface area contributed by atoms with Crippen LogP contribution in [-0.4, -0.2) is 64.9 Å². The van der Waals surface area contributed by atoms with E-state index in [1.54, 1.807) is 6.07 Å². The van der Waals surface area contributed by atoms with Crippen LogP contribution in [0.4, 0.5) is 0 Å². The lowest BCUT2D eigenvalue weighted by Gasteiger charge is -2.34. The fourth-order valence-corrected chi connectivity index (χ4v) is 3.74. The van der Waals surface area contributed by atoms with E-state index in [-0.39, 0.29) is 5.91 Å². The van der Waals surface area contributed by atoms with Crippen molar-refractivity contribution in [2.45, 2.75) is 18.6 Å². The number of benzene rings is 1. The zero-order valence-electron chi connectivity index (χ0n) is 15.5. The normalized spacial score (nSPS) is 16.6. The highest BCUT2D eigenvalue weighted by atomic mass is 32.2. The Bertz CT molecular complexity index is 853. The van der Waals surface area contributed by atoms with Crippen molar-refractivity contribution in [3.05, 3.63) is 41.2 Å². The summed E-state index contributed by atoms with van der Waals surface area (Å²) in [5.74, 6) is 1.60. The minimum absolute atomic E-state index is 0.0153. The number of thioether (sulfide) groups is 1. The Morgan fingerprint density at radius 1 is 1.11 bits per heavy atom. The fourth-order valence-electron chi connectivity index (χ4n) is 3.31. The average molecular weight is 386 g/mol. The van der Waals surface area contributed by atoms with Gasteiger partial charge in [-0.2, -0.15) is 0 Å². The molecule has 4 rings (SSSR count). The van der Waals surface area contributed by atoms with E-state index < -0.39 is 0 Å². The van der Waals surface area contributed by atoms with Crippen molar-refractivity contribution in [1.29, 1.82) is 0 Å². The van der Waals surface area contributed by atoms with Crippen molar-refractivity contribution < 1.29 is 14.3 Å². The van der Waals surface area contributed by atoms with Gasteiger partial charge in [0.15, 0.2) is 16.7 Å². The Balaban J connectivity index is 1.36. The summed E-state index contributed by atoms with van der Waals surface area (Å²) >= 11 is 1.45. The largest absolute Gasteiger partial charge is 0.454 e. The van der Waals surface area contributed by atoms with Crippen LogP contribution < -0.4 is 9.47 Å². The molecule has 0 unspecified atom stereocenters. The van der Waals surface area contributed by atoms with Crippen LogP contribution in [0.5, 0.6) is 11.5 Å². The molecule has 0 saturated carbocycles. The predicted octanol–water partition coefficient (Wildman–Crippen LogP) is 2.19. The third-order valence-corrected chi connectivity index (χ3v) is 5.29. The molecular weight excluding hydrogens is 364 g/mol. The van der Waals surface area contributed by atoms with Gasteiger partial charge >= 0.3 is 0 Å². The number of hydrogen-bond acceptors (Lipinski definition) is 7. The standard InChI is InChI=1S/C19H22N4O3S/c1-13-9-15(21-19(20-13)27-2)18(24)23-7-5-22(6-8-23)11-14-3-4-16-17(10-14)26-12-25-16/h3-4,9-10H,5-8,11-12H2,1-2H3. The van der Waals surface area contributed by atoms with Crippen LogP contribution in [0.25, 0.3) is 0 Å². The van der Waals surface area contributed by atoms with Gasteiger partial charge in [0, 0.05) is 38.4 Å². The Kier molecular flexibility index (Phi) is 5.18. The van der Waals surface area contributed by atoms with Crippen LogP contribution in [-0.2, 0) is 6.54 Å². The second-order valence-corrected chi connectivity index (χ2v) is 7.41. The first-order valence-electron chi connectivity index (χ1n) is 8.92. The first-order chi connectivity index (χ1) is 13.1. The van der Waals surface area contributed by atoms with Crippen molar-refractivity contribution in [1.82, 2.24) is 19.8 Å². The molecule has 0 aliphatic carbocycles. The van der Waals surface area contributed by atoms with Crippen LogP contribution in [0.3, 0.4) is 0 Å². The summed E-state index contributed by atoms with van der Waals surface area (Å²) in [5.41, 5.74) is 2.49. The molecule has 1 aromatic carbocycles. The second kappa shape index (κ2) is 7.74. The maximum absolute atomic E-state index is 12.8. The molecule has 1 fully saturated rings. The Labute approximate surface area is 162 Å². The van der Waals surface area contributed by atoms with E-state index in [4.69, 9.17) is 9.47 Å². The molecular formula is C19H22N4O3S. The van der Waals surface area contributed by atoms with Gasteiger partial charge in [0.1, 0.15) is 5.69 Å². The van der Waals surface area contributed by atoms with Gasteiger partial charge < -0.3 is 14.4 Å². The van der Waals surface area contributed by atoms with Crippen LogP contribution in [0, 0.1) is 6.92 Å². The van der Waals surface area contributed by atoms with Crippen LogP contribution in [0.2, 0.25) is 0 Å². The molecule has 7 nitrogen and oxygen atoms in total. The maximum atomic E-state index is 12.8. The van der Waals surface area contributed by atoms with E-state index in [9.17, 15) is 4.79 Å². The quantitative estimate of drug-likeness (QED) is 0.589. The number of amides is 1. The number of hydrogen-bond donors (Lipinski definition) is 0. The minimum atomic E-state index is -0.0153. The molecule has 1 aromatic heterocycles. The lowest BCUT2D eigenvalue weighted by Crippen LogP contribution is -2.48. The SMILES string of the molecule is CSc1nc(C)cc(C(=O)N2CCN(Cc3ccc4c(c3)OCO4)CC2)n1. The Morgan fingerprint density at radius 3 is 2.67 bits per heavy atom. The Hall–Kier alpha value is -2.32. The van der Waals surface area contributed by atoms with Crippen LogP contribution in [0.1, 0.15) is 21.7 Å². The minimum Gasteiger partial charge on any atom is -0.454 e. The molecule has 2 aromatic rings. The number of rotatable bonds is 4. The molecule has 0 N–H and O–H groups in total. The number of ether oxygens (including phenoxy) is 2. The molecule has 27 heavy (non-hydrogen) atoms. The van der Waals surface area contributed by atoms with Gasteiger partial charge in [-0.05, 0) is 36.9 Å². The highest BCUT2D eigenvalue weighted by Gasteiger charge is 2.24. The monoisotopic (exact) mass is 386 g/mol. The van der Waals surface area contributed by atoms with E-state index in [1.807, 2.05) is 30.2 Å². The van der Waals surface area contributed by atoms with Gasteiger partial charge in [0.25, 0.3) is 5.91 Å². The van der Waals surface area contributed by atoms with Crippen molar-refractivity contribution in [2.24, 2.45) is 0 Å². The molecule has 0 spiro atoms. The van der Waals surface area contributed by atoms with Crippen molar-refractivity contribution in [3.8, 4) is 11.5 Å². The van der Waals surface area contributed by atoms with E-state index >= 15 is 0 Å². The van der Waals surface area contributed by atoms with Gasteiger partial charge in [0.05, 0.1) is 0 Å². The molecule has 1 amide bonds. The molecule has 0 atom stereocenters. The summed E-state index contributed by atoms with van der Waals surface area (Å²) in [6.45, 7) is 6.07. The lowest BCUT2D eigenvalue weighted by atomic mass is 10.1. The number of aromatic nitrogens is 2. The van der Waals surface area contributed by atoms with Gasteiger partial charge in [-0.3, -0.25) is 9.69 Å². The van der Waals surface area contributed by atoms with Gasteiger partial charge in [0.2, 0.25) is 6.79 Å². The van der Waals surface area contributed by atoms with Gasteiger partial charge in [-0.15, -0.1) is 0 Å². The van der Waals surface area contributed by atoms with Crippen LogP contribution in [0.15, 0.2) is 29.4 Å². The number of fused-ring (bicyclic) bond motifs is 1.